The van der Waals surface area contributed by atoms with Crippen LogP contribution in [0.15, 0.2) is 30.6 Å². The van der Waals surface area contributed by atoms with Gasteiger partial charge in [0.05, 0.1) is 0 Å². The molecular formula is C18H22N4. The van der Waals surface area contributed by atoms with Crippen molar-refractivity contribution in [3.8, 4) is 0 Å². The van der Waals surface area contributed by atoms with E-state index in [-0.39, 0.29) is 0 Å². The quantitative estimate of drug-likeness (QED) is 0.918. The van der Waals surface area contributed by atoms with Gasteiger partial charge >= 0.3 is 0 Å². The Kier molecular flexibility index (Phi) is 3.64. The number of fused-ring (bicyclic) bond motifs is 3. The molecule has 3 heterocycles. The molecule has 0 saturated carbocycles. The van der Waals surface area contributed by atoms with Crippen LogP contribution in [0.1, 0.15) is 34.1 Å². The van der Waals surface area contributed by atoms with Crippen molar-refractivity contribution >= 4 is 0 Å². The first-order valence-corrected chi connectivity index (χ1v) is 8.13. The lowest BCUT2D eigenvalue weighted by Crippen LogP contribution is -2.48. The van der Waals surface area contributed by atoms with E-state index in [2.05, 4.69) is 38.4 Å². The van der Waals surface area contributed by atoms with E-state index >= 15 is 0 Å². The van der Waals surface area contributed by atoms with Crippen LogP contribution < -0.4 is 5.32 Å². The van der Waals surface area contributed by atoms with Gasteiger partial charge < -0.3 is 5.32 Å². The van der Waals surface area contributed by atoms with Gasteiger partial charge in [0.15, 0.2) is 0 Å². The Morgan fingerprint density at radius 2 is 2.09 bits per heavy atom. The minimum atomic E-state index is 0.558. The molecule has 0 amide bonds. The molecule has 1 atom stereocenters. The summed E-state index contributed by atoms with van der Waals surface area (Å²) in [7, 11) is 0. The van der Waals surface area contributed by atoms with Gasteiger partial charge in [0.25, 0.3) is 0 Å². The molecule has 1 N–H and O–H groups in total. The Labute approximate surface area is 131 Å². The lowest BCUT2D eigenvalue weighted by molar-refractivity contribution is 0.152. The summed E-state index contributed by atoms with van der Waals surface area (Å²) >= 11 is 0. The van der Waals surface area contributed by atoms with Crippen molar-refractivity contribution in [3.63, 3.8) is 0 Å². The number of hydrogen-bond acceptors (Lipinski definition) is 4. The van der Waals surface area contributed by atoms with Gasteiger partial charge in [-0.3, -0.25) is 4.90 Å². The molecule has 0 radical (unpaired) electrons. The maximum Gasteiger partial charge on any atom is 0.132 e. The highest BCUT2D eigenvalue weighted by atomic mass is 15.2. The zero-order chi connectivity index (χ0) is 14.9. The molecule has 114 valence electrons. The number of benzene rings is 1. The average Bonchev–Trinajstić information content (AvgIpc) is 2.57. The Bertz CT molecular complexity index is 665. The van der Waals surface area contributed by atoms with Gasteiger partial charge in [0, 0.05) is 51.0 Å². The number of piperazine rings is 1. The molecule has 2 aliphatic rings. The monoisotopic (exact) mass is 294 g/mol. The second-order valence-corrected chi connectivity index (χ2v) is 6.39. The number of hydrogen-bond donors (Lipinski definition) is 1. The first-order chi connectivity index (χ1) is 10.8. The van der Waals surface area contributed by atoms with Gasteiger partial charge in [-0.05, 0) is 35.6 Å². The first kappa shape index (κ1) is 13.9. The second kappa shape index (κ2) is 5.78. The molecule has 4 rings (SSSR count). The highest BCUT2D eigenvalue weighted by molar-refractivity contribution is 5.38. The van der Waals surface area contributed by atoms with Crippen LogP contribution in [-0.4, -0.2) is 41.0 Å². The van der Waals surface area contributed by atoms with Crippen molar-refractivity contribution in [3.05, 3.63) is 58.7 Å². The van der Waals surface area contributed by atoms with Gasteiger partial charge in [-0.25, -0.2) is 9.97 Å². The van der Waals surface area contributed by atoms with E-state index in [1.807, 2.05) is 19.3 Å². The smallest absolute Gasteiger partial charge is 0.132 e. The van der Waals surface area contributed by atoms with Gasteiger partial charge in [-0.1, -0.05) is 18.2 Å². The van der Waals surface area contributed by atoms with Crippen molar-refractivity contribution in [2.24, 2.45) is 0 Å². The number of rotatable bonds is 2. The van der Waals surface area contributed by atoms with E-state index in [1.54, 1.807) is 0 Å². The van der Waals surface area contributed by atoms with E-state index in [0.717, 1.165) is 37.3 Å². The summed E-state index contributed by atoms with van der Waals surface area (Å²) in [6, 6.07) is 7.50. The molecular weight excluding hydrogens is 272 g/mol. The molecule has 1 saturated heterocycles. The summed E-state index contributed by atoms with van der Waals surface area (Å²) < 4.78 is 0. The van der Waals surface area contributed by atoms with E-state index in [1.165, 1.54) is 29.8 Å². The van der Waals surface area contributed by atoms with Crippen molar-refractivity contribution in [2.45, 2.75) is 25.8 Å². The molecule has 2 aromatic rings. The minimum absolute atomic E-state index is 0.558. The van der Waals surface area contributed by atoms with E-state index in [4.69, 9.17) is 0 Å². The molecule has 0 aliphatic carbocycles. The zero-order valence-corrected chi connectivity index (χ0v) is 13.0. The summed E-state index contributed by atoms with van der Waals surface area (Å²) in [5, 5.41) is 3.52. The van der Waals surface area contributed by atoms with Crippen molar-refractivity contribution in [1.29, 1.82) is 0 Å². The molecule has 4 nitrogen and oxygen atoms in total. The van der Waals surface area contributed by atoms with Crippen LogP contribution in [0.4, 0.5) is 0 Å². The molecule has 0 spiro atoms. The molecule has 0 unspecified atom stereocenters. The predicted octanol–water partition coefficient (Wildman–Crippen LogP) is 1.88. The summed E-state index contributed by atoms with van der Waals surface area (Å²) in [5.74, 6) is 0.905. The summed E-state index contributed by atoms with van der Waals surface area (Å²) in [4.78, 5) is 11.5. The van der Waals surface area contributed by atoms with Gasteiger partial charge in [0.1, 0.15) is 5.82 Å². The number of nitrogens with zero attached hydrogens (tertiary/aromatic N) is 3. The van der Waals surface area contributed by atoms with Crippen molar-refractivity contribution in [2.75, 3.05) is 26.2 Å². The topological polar surface area (TPSA) is 41.1 Å². The van der Waals surface area contributed by atoms with Crippen LogP contribution in [0.25, 0.3) is 0 Å². The highest BCUT2D eigenvalue weighted by Gasteiger charge is 2.29. The van der Waals surface area contributed by atoms with Crippen molar-refractivity contribution < 1.29 is 0 Å². The van der Waals surface area contributed by atoms with E-state index < -0.39 is 0 Å². The third-order valence-corrected chi connectivity index (χ3v) is 4.79. The Balaban J connectivity index is 1.58. The number of aromatic nitrogens is 2. The van der Waals surface area contributed by atoms with Crippen molar-refractivity contribution in [1.82, 2.24) is 20.2 Å². The van der Waals surface area contributed by atoms with Crippen LogP contribution in [-0.2, 0) is 12.8 Å². The van der Waals surface area contributed by atoms with Crippen LogP contribution in [0.3, 0.4) is 0 Å². The standard InChI is InChI=1S/C18H22N4/c1-13-10-20-18(21-11-13)9-14-2-3-16-15(8-14)4-6-22-7-5-19-12-17(16)22/h2-3,8,10-11,17,19H,4-7,9,12H2,1H3/t17-/m0/s1. The maximum absolute atomic E-state index is 4.42. The molecule has 1 fully saturated rings. The largest absolute Gasteiger partial charge is 0.314 e. The Morgan fingerprint density at radius 3 is 2.95 bits per heavy atom. The summed E-state index contributed by atoms with van der Waals surface area (Å²) in [5.41, 5.74) is 5.44. The SMILES string of the molecule is Cc1cnc(Cc2ccc3c(c2)CCN2CCNC[C@@H]32)nc1. The van der Waals surface area contributed by atoms with Gasteiger partial charge in [-0.2, -0.15) is 0 Å². The van der Waals surface area contributed by atoms with Crippen LogP contribution in [0.5, 0.6) is 0 Å². The first-order valence-electron chi connectivity index (χ1n) is 8.13. The second-order valence-electron chi connectivity index (χ2n) is 6.39. The summed E-state index contributed by atoms with van der Waals surface area (Å²) in [6.45, 7) is 6.57. The maximum atomic E-state index is 4.42. The Hall–Kier alpha value is -1.78. The number of nitrogens with one attached hydrogen (secondary N) is 1. The molecule has 22 heavy (non-hydrogen) atoms. The lowest BCUT2D eigenvalue weighted by Gasteiger charge is -2.41. The molecule has 1 aromatic heterocycles. The summed E-state index contributed by atoms with van der Waals surface area (Å²) in [6.07, 6.45) is 5.77. The van der Waals surface area contributed by atoms with E-state index in [0.29, 0.717) is 6.04 Å². The third-order valence-electron chi connectivity index (χ3n) is 4.79. The molecule has 4 heteroatoms. The minimum Gasteiger partial charge on any atom is -0.314 e. The van der Waals surface area contributed by atoms with Crippen LogP contribution >= 0.6 is 0 Å². The fourth-order valence-corrected chi connectivity index (χ4v) is 3.59. The predicted molar refractivity (Wildman–Crippen MR) is 86.9 cm³/mol. The zero-order valence-electron chi connectivity index (χ0n) is 13.0. The Morgan fingerprint density at radius 1 is 1.23 bits per heavy atom. The lowest BCUT2D eigenvalue weighted by atomic mass is 9.89. The highest BCUT2D eigenvalue weighted by Crippen LogP contribution is 2.31. The normalized spacial score (nSPS) is 21.2. The molecule has 2 aliphatic heterocycles. The molecule has 1 aromatic carbocycles. The molecule has 0 bridgehead atoms. The fraction of sp³-hybridized carbons (Fsp3) is 0.444. The third kappa shape index (κ3) is 2.64. The van der Waals surface area contributed by atoms with Gasteiger partial charge in [-0.15, -0.1) is 0 Å². The van der Waals surface area contributed by atoms with Crippen LogP contribution in [0.2, 0.25) is 0 Å². The van der Waals surface area contributed by atoms with Gasteiger partial charge in [0.2, 0.25) is 0 Å². The van der Waals surface area contributed by atoms with Crippen LogP contribution in [0, 0.1) is 6.92 Å². The fourth-order valence-electron chi connectivity index (χ4n) is 3.59. The average molecular weight is 294 g/mol. The van der Waals surface area contributed by atoms with E-state index in [9.17, 15) is 0 Å². The number of aryl methyl sites for hydroxylation is 1.